The summed E-state index contributed by atoms with van der Waals surface area (Å²) >= 11 is 6.02. The summed E-state index contributed by atoms with van der Waals surface area (Å²) in [4.78, 5) is 31.3. The highest BCUT2D eigenvalue weighted by molar-refractivity contribution is 6.32. The van der Waals surface area contributed by atoms with Gasteiger partial charge >= 0.3 is 0 Å². The van der Waals surface area contributed by atoms with E-state index in [4.69, 9.17) is 16.3 Å². The fourth-order valence-electron chi connectivity index (χ4n) is 2.78. The van der Waals surface area contributed by atoms with E-state index in [9.17, 15) is 9.59 Å². The molecule has 0 fully saturated rings. The Balaban J connectivity index is 2.03. The van der Waals surface area contributed by atoms with Gasteiger partial charge in [0.2, 0.25) is 5.91 Å². The molecular formula is C19H17ClN2O3. The summed E-state index contributed by atoms with van der Waals surface area (Å²) < 4.78 is 4.97. The van der Waals surface area contributed by atoms with Crippen molar-refractivity contribution < 1.29 is 14.3 Å². The molecule has 25 heavy (non-hydrogen) atoms. The highest BCUT2D eigenvalue weighted by atomic mass is 35.5. The second-order valence-electron chi connectivity index (χ2n) is 5.57. The lowest BCUT2D eigenvalue weighted by molar-refractivity contribution is -0.118. The molecule has 0 radical (unpaired) electrons. The van der Waals surface area contributed by atoms with E-state index < -0.39 is 5.92 Å². The van der Waals surface area contributed by atoms with Crippen molar-refractivity contribution >= 4 is 35.3 Å². The average molecular weight is 357 g/mol. The van der Waals surface area contributed by atoms with Crippen LogP contribution >= 0.6 is 11.6 Å². The van der Waals surface area contributed by atoms with Crippen molar-refractivity contribution in [1.29, 1.82) is 0 Å². The Morgan fingerprint density at radius 3 is 2.76 bits per heavy atom. The molecule has 128 valence electrons. The van der Waals surface area contributed by atoms with Crippen LogP contribution in [0.4, 0.5) is 5.69 Å². The largest absolute Gasteiger partial charge is 0.383 e. The molecule has 0 aromatic heterocycles. The summed E-state index contributed by atoms with van der Waals surface area (Å²) in [7, 11) is 1.59. The summed E-state index contributed by atoms with van der Waals surface area (Å²) in [5.74, 6) is -1.32. The number of hydrogen-bond donors (Lipinski definition) is 0. The van der Waals surface area contributed by atoms with Crippen LogP contribution in [0, 0.1) is 0 Å². The number of carbonyl (C=O) groups excluding carboxylic acids is 2. The van der Waals surface area contributed by atoms with Crippen LogP contribution in [-0.2, 0) is 9.53 Å². The van der Waals surface area contributed by atoms with Crippen LogP contribution < -0.4 is 4.90 Å². The first-order chi connectivity index (χ1) is 12.1. The zero-order valence-corrected chi connectivity index (χ0v) is 14.4. The van der Waals surface area contributed by atoms with Gasteiger partial charge in [-0.05, 0) is 29.8 Å². The first-order valence-corrected chi connectivity index (χ1v) is 8.23. The first kappa shape index (κ1) is 17.3. The van der Waals surface area contributed by atoms with Crippen molar-refractivity contribution in [3.8, 4) is 0 Å². The number of nitrogens with zero attached hydrogens (tertiary/aromatic N) is 2. The molecule has 2 aromatic rings. The summed E-state index contributed by atoms with van der Waals surface area (Å²) in [5, 5.41) is 0.460. The number of hydrogen-bond acceptors (Lipinski definition) is 4. The van der Waals surface area contributed by atoms with Crippen molar-refractivity contribution in [2.75, 3.05) is 25.2 Å². The molecule has 0 N–H and O–H groups in total. The number of aliphatic imine (C=N–C) groups is 1. The monoisotopic (exact) mass is 356 g/mol. The van der Waals surface area contributed by atoms with E-state index in [2.05, 4.69) is 4.99 Å². The maximum Gasteiger partial charge on any atom is 0.265 e. The maximum atomic E-state index is 13.0. The van der Waals surface area contributed by atoms with Gasteiger partial charge in [-0.1, -0.05) is 35.9 Å². The third kappa shape index (κ3) is 3.48. The Bertz CT molecular complexity index is 835. The van der Waals surface area contributed by atoms with Crippen LogP contribution in [-0.4, -0.2) is 38.3 Å². The number of amides is 2. The zero-order chi connectivity index (χ0) is 17.8. The second kappa shape index (κ2) is 7.59. The molecule has 3 rings (SSSR count). The number of benzene rings is 2. The van der Waals surface area contributed by atoms with E-state index in [0.29, 0.717) is 35.0 Å². The van der Waals surface area contributed by atoms with Gasteiger partial charge in [-0.15, -0.1) is 0 Å². The van der Waals surface area contributed by atoms with Gasteiger partial charge < -0.3 is 4.74 Å². The zero-order valence-electron chi connectivity index (χ0n) is 13.7. The topological polar surface area (TPSA) is 59.0 Å². The molecule has 0 spiro atoms. The Morgan fingerprint density at radius 1 is 1.20 bits per heavy atom. The highest BCUT2D eigenvalue weighted by Crippen LogP contribution is 2.32. The van der Waals surface area contributed by atoms with Crippen LogP contribution in [0.2, 0.25) is 5.02 Å². The van der Waals surface area contributed by atoms with Crippen molar-refractivity contribution in [3.63, 3.8) is 0 Å². The van der Waals surface area contributed by atoms with Gasteiger partial charge in [-0.25, -0.2) is 4.90 Å². The highest BCUT2D eigenvalue weighted by Gasteiger charge is 2.38. The number of methoxy groups -OCH3 is 1. The van der Waals surface area contributed by atoms with Crippen molar-refractivity contribution in [2.24, 2.45) is 4.99 Å². The molecule has 1 heterocycles. The maximum absolute atomic E-state index is 13.0. The summed E-state index contributed by atoms with van der Waals surface area (Å²) in [6, 6.07) is 13.8. The first-order valence-electron chi connectivity index (χ1n) is 7.85. The fourth-order valence-corrected chi connectivity index (χ4v) is 2.97. The second-order valence-corrected chi connectivity index (χ2v) is 6.01. The minimum atomic E-state index is -0.621. The van der Waals surface area contributed by atoms with Crippen LogP contribution in [0.1, 0.15) is 21.8 Å². The Kier molecular flexibility index (Phi) is 5.26. The third-order valence-electron chi connectivity index (χ3n) is 3.96. The lowest BCUT2D eigenvalue weighted by Crippen LogP contribution is -2.45. The Hall–Kier alpha value is -2.50. The SMILES string of the molecule is COCCN=CC1C(=O)N(c2cccc(Cl)c2)C(=O)c2ccccc21. The van der Waals surface area contributed by atoms with Gasteiger partial charge in [0.05, 0.1) is 24.8 Å². The van der Waals surface area contributed by atoms with E-state index in [0.717, 1.165) is 0 Å². The minimum Gasteiger partial charge on any atom is -0.383 e. The van der Waals surface area contributed by atoms with Crippen LogP contribution in [0.25, 0.3) is 0 Å². The van der Waals surface area contributed by atoms with Gasteiger partial charge in [-0.2, -0.15) is 0 Å². The van der Waals surface area contributed by atoms with Gasteiger partial charge in [0.25, 0.3) is 5.91 Å². The van der Waals surface area contributed by atoms with Crippen molar-refractivity contribution in [1.82, 2.24) is 0 Å². The van der Waals surface area contributed by atoms with Gasteiger partial charge in [-0.3, -0.25) is 14.6 Å². The van der Waals surface area contributed by atoms with E-state index in [1.807, 2.05) is 6.07 Å². The number of rotatable bonds is 5. The summed E-state index contributed by atoms with van der Waals surface area (Å²) in [6.45, 7) is 0.920. The van der Waals surface area contributed by atoms with E-state index in [1.165, 1.54) is 4.90 Å². The lowest BCUT2D eigenvalue weighted by Gasteiger charge is -2.31. The van der Waals surface area contributed by atoms with Crippen LogP contribution in [0.15, 0.2) is 53.5 Å². The standard InChI is InChI=1S/C19H17ClN2O3/c1-25-10-9-21-12-17-15-7-2-3-8-16(15)18(23)22(19(17)24)14-6-4-5-13(20)11-14/h2-8,11-12,17H,9-10H2,1H3. The molecule has 0 saturated heterocycles. The van der Waals surface area contributed by atoms with Gasteiger partial charge in [0.1, 0.15) is 0 Å². The molecule has 0 bridgehead atoms. The predicted molar refractivity (Wildman–Crippen MR) is 97.7 cm³/mol. The van der Waals surface area contributed by atoms with Crippen molar-refractivity contribution in [2.45, 2.75) is 5.92 Å². The normalized spacial score (nSPS) is 17.2. The summed E-state index contributed by atoms with van der Waals surface area (Å²) in [5.41, 5.74) is 1.61. The predicted octanol–water partition coefficient (Wildman–Crippen LogP) is 3.33. The Morgan fingerprint density at radius 2 is 2.00 bits per heavy atom. The molecule has 1 aliphatic rings. The van der Waals surface area contributed by atoms with Gasteiger partial charge in [0.15, 0.2) is 0 Å². The average Bonchev–Trinajstić information content (AvgIpc) is 2.61. The van der Waals surface area contributed by atoms with E-state index in [1.54, 1.807) is 55.8 Å². The number of ether oxygens (including phenoxy) is 1. The number of anilines is 1. The van der Waals surface area contributed by atoms with E-state index in [-0.39, 0.29) is 11.8 Å². The lowest BCUT2D eigenvalue weighted by atomic mass is 9.89. The quantitative estimate of drug-likeness (QED) is 0.469. The number of carbonyl (C=O) groups is 2. The summed E-state index contributed by atoms with van der Waals surface area (Å²) in [6.07, 6.45) is 1.59. The van der Waals surface area contributed by atoms with Crippen LogP contribution in [0.5, 0.6) is 0 Å². The van der Waals surface area contributed by atoms with Crippen LogP contribution in [0.3, 0.4) is 0 Å². The molecule has 6 heteroatoms. The molecule has 1 unspecified atom stereocenters. The molecule has 0 aliphatic carbocycles. The number of fused-ring (bicyclic) bond motifs is 1. The fraction of sp³-hybridized carbons (Fsp3) is 0.211. The van der Waals surface area contributed by atoms with Crippen molar-refractivity contribution in [3.05, 3.63) is 64.7 Å². The molecule has 1 aliphatic heterocycles. The third-order valence-corrected chi connectivity index (χ3v) is 4.20. The smallest absolute Gasteiger partial charge is 0.265 e. The number of imide groups is 1. The number of halogens is 1. The Labute approximate surface area is 150 Å². The molecule has 1 atom stereocenters. The minimum absolute atomic E-state index is 0.341. The van der Waals surface area contributed by atoms with E-state index >= 15 is 0 Å². The molecule has 2 aromatic carbocycles. The molecular weight excluding hydrogens is 340 g/mol. The molecule has 5 nitrogen and oxygen atoms in total. The molecule has 0 saturated carbocycles. The van der Waals surface area contributed by atoms with Gasteiger partial charge in [0, 0.05) is 23.9 Å². The molecule has 2 amide bonds.